The Labute approximate surface area is 113 Å². The molecule has 2 atom stereocenters. The van der Waals surface area contributed by atoms with Crippen molar-refractivity contribution in [3.05, 3.63) is 35.6 Å². The number of likely N-dealkylation sites (N-methyl/N-ethyl adjacent to an activating group) is 1. The maximum Gasteiger partial charge on any atom is 0.222 e. The predicted octanol–water partition coefficient (Wildman–Crippen LogP) is 3.47. The first kappa shape index (κ1) is 12.3. The smallest absolute Gasteiger partial charge is 0.222 e. The molecule has 1 aliphatic rings. The second-order valence-corrected chi connectivity index (χ2v) is 5.38. The van der Waals surface area contributed by atoms with Crippen LogP contribution < -0.4 is 0 Å². The average molecular weight is 257 g/mol. The Morgan fingerprint density at radius 2 is 2.26 bits per heavy atom. The summed E-state index contributed by atoms with van der Waals surface area (Å²) < 4.78 is 5.67. The molecule has 0 bridgehead atoms. The Kier molecular flexibility index (Phi) is 2.85. The summed E-state index contributed by atoms with van der Waals surface area (Å²) in [6, 6.07) is 8.66. The van der Waals surface area contributed by atoms with E-state index in [1.807, 2.05) is 37.9 Å². The summed E-state index contributed by atoms with van der Waals surface area (Å²) in [6.45, 7) is 3.89. The molecule has 100 valence electrons. The number of benzene rings is 1. The van der Waals surface area contributed by atoms with Gasteiger partial charge in [0.05, 0.1) is 0 Å². The van der Waals surface area contributed by atoms with Crippen LogP contribution in [0.3, 0.4) is 0 Å². The summed E-state index contributed by atoms with van der Waals surface area (Å²) in [5.41, 5.74) is 2.26. The van der Waals surface area contributed by atoms with Gasteiger partial charge in [0.25, 0.3) is 0 Å². The highest BCUT2D eigenvalue weighted by molar-refractivity contribution is 5.83. The van der Waals surface area contributed by atoms with Crippen molar-refractivity contribution in [2.24, 2.45) is 0 Å². The largest absolute Gasteiger partial charge is 0.461 e. The highest BCUT2D eigenvalue weighted by atomic mass is 16.3. The SMILES string of the molecule is CCC(=O)N(C)C1CC1c1cccc2oc(C)cc12. The van der Waals surface area contributed by atoms with Gasteiger partial charge in [0.1, 0.15) is 11.3 Å². The molecular weight excluding hydrogens is 238 g/mol. The monoisotopic (exact) mass is 257 g/mol. The van der Waals surface area contributed by atoms with E-state index in [0.29, 0.717) is 18.4 Å². The van der Waals surface area contributed by atoms with E-state index in [2.05, 4.69) is 12.1 Å². The van der Waals surface area contributed by atoms with Crippen LogP contribution in [0, 0.1) is 6.92 Å². The van der Waals surface area contributed by atoms with Gasteiger partial charge in [0.2, 0.25) is 5.91 Å². The molecule has 2 unspecified atom stereocenters. The van der Waals surface area contributed by atoms with E-state index in [1.165, 1.54) is 10.9 Å². The molecule has 0 spiro atoms. The van der Waals surface area contributed by atoms with Crippen molar-refractivity contribution in [1.29, 1.82) is 0 Å². The summed E-state index contributed by atoms with van der Waals surface area (Å²) in [7, 11) is 1.91. The Bertz CT molecular complexity index is 629. The van der Waals surface area contributed by atoms with Gasteiger partial charge < -0.3 is 9.32 Å². The second-order valence-electron chi connectivity index (χ2n) is 5.38. The molecule has 1 aromatic heterocycles. The standard InChI is InChI=1S/C16H19NO2/c1-4-16(18)17(3)14-9-12(14)11-6-5-7-15-13(11)8-10(2)19-15/h5-8,12,14H,4,9H2,1-3H3. The van der Waals surface area contributed by atoms with Crippen molar-refractivity contribution in [3.8, 4) is 0 Å². The van der Waals surface area contributed by atoms with Crippen LogP contribution in [0.1, 0.15) is 37.0 Å². The zero-order chi connectivity index (χ0) is 13.6. The van der Waals surface area contributed by atoms with Crippen molar-refractivity contribution >= 4 is 16.9 Å². The van der Waals surface area contributed by atoms with Crippen molar-refractivity contribution in [2.75, 3.05) is 7.05 Å². The molecule has 3 rings (SSSR count). The third kappa shape index (κ3) is 2.03. The fraction of sp³-hybridized carbons (Fsp3) is 0.438. The van der Waals surface area contributed by atoms with Crippen LogP contribution in [0.15, 0.2) is 28.7 Å². The van der Waals surface area contributed by atoms with Gasteiger partial charge in [-0.25, -0.2) is 0 Å². The highest BCUT2D eigenvalue weighted by Crippen LogP contribution is 2.47. The molecule has 1 amide bonds. The first-order valence-corrected chi connectivity index (χ1v) is 6.86. The lowest BCUT2D eigenvalue weighted by atomic mass is 10.1. The van der Waals surface area contributed by atoms with Gasteiger partial charge >= 0.3 is 0 Å². The Morgan fingerprint density at radius 3 is 3.00 bits per heavy atom. The third-order valence-electron chi connectivity index (χ3n) is 4.07. The van der Waals surface area contributed by atoms with Gasteiger partial charge in [-0.2, -0.15) is 0 Å². The molecule has 0 saturated heterocycles. The fourth-order valence-electron chi connectivity index (χ4n) is 2.91. The molecule has 3 nitrogen and oxygen atoms in total. The Hall–Kier alpha value is -1.77. The van der Waals surface area contributed by atoms with Gasteiger partial charge in [-0.15, -0.1) is 0 Å². The number of carbonyl (C=O) groups excluding carboxylic acids is 1. The van der Waals surface area contributed by atoms with E-state index in [-0.39, 0.29) is 5.91 Å². The maximum atomic E-state index is 11.7. The summed E-state index contributed by atoms with van der Waals surface area (Å²) >= 11 is 0. The number of fused-ring (bicyclic) bond motifs is 1. The minimum Gasteiger partial charge on any atom is -0.461 e. The maximum absolute atomic E-state index is 11.7. The van der Waals surface area contributed by atoms with Crippen LogP contribution >= 0.6 is 0 Å². The van der Waals surface area contributed by atoms with Crippen molar-refractivity contribution < 1.29 is 9.21 Å². The second kappa shape index (κ2) is 4.41. The van der Waals surface area contributed by atoms with Gasteiger partial charge in [-0.1, -0.05) is 19.1 Å². The summed E-state index contributed by atoms with van der Waals surface area (Å²) in [4.78, 5) is 13.6. The molecule has 1 saturated carbocycles. The normalized spacial score (nSPS) is 21.6. The van der Waals surface area contributed by atoms with Gasteiger partial charge in [0, 0.05) is 30.8 Å². The number of furan rings is 1. The number of nitrogens with zero attached hydrogens (tertiary/aromatic N) is 1. The number of rotatable bonds is 3. The molecule has 2 aromatic rings. The Morgan fingerprint density at radius 1 is 1.47 bits per heavy atom. The lowest BCUT2D eigenvalue weighted by molar-refractivity contribution is -0.130. The van der Waals surface area contributed by atoms with Crippen LogP contribution in [0.25, 0.3) is 11.0 Å². The van der Waals surface area contributed by atoms with Gasteiger partial charge in [0.15, 0.2) is 0 Å². The molecule has 1 aliphatic carbocycles. The zero-order valence-electron chi connectivity index (χ0n) is 11.6. The van der Waals surface area contributed by atoms with Crippen LogP contribution in [0.2, 0.25) is 0 Å². The zero-order valence-corrected chi connectivity index (χ0v) is 11.6. The summed E-state index contributed by atoms with van der Waals surface area (Å²) in [5.74, 6) is 1.63. The molecule has 1 heterocycles. The van der Waals surface area contributed by atoms with E-state index in [4.69, 9.17) is 4.42 Å². The molecular formula is C16H19NO2. The molecule has 19 heavy (non-hydrogen) atoms. The molecule has 1 fully saturated rings. The molecule has 0 radical (unpaired) electrons. The first-order chi connectivity index (χ1) is 9.11. The van der Waals surface area contributed by atoms with Gasteiger partial charge in [-0.05, 0) is 31.0 Å². The minimum atomic E-state index is 0.225. The third-order valence-corrected chi connectivity index (χ3v) is 4.07. The molecule has 0 aliphatic heterocycles. The predicted molar refractivity (Wildman–Crippen MR) is 75.2 cm³/mol. The average Bonchev–Trinajstić information content (AvgIpc) is 3.10. The number of carbonyl (C=O) groups is 1. The van der Waals surface area contributed by atoms with Crippen molar-refractivity contribution in [2.45, 2.75) is 38.6 Å². The topological polar surface area (TPSA) is 33.5 Å². The summed E-state index contributed by atoms with van der Waals surface area (Å²) in [6.07, 6.45) is 1.64. The summed E-state index contributed by atoms with van der Waals surface area (Å²) in [5, 5.41) is 1.20. The molecule has 3 heteroatoms. The fourth-order valence-corrected chi connectivity index (χ4v) is 2.91. The molecule has 1 aromatic carbocycles. The van der Waals surface area contributed by atoms with Gasteiger partial charge in [-0.3, -0.25) is 4.79 Å². The van der Waals surface area contributed by atoms with Crippen molar-refractivity contribution in [3.63, 3.8) is 0 Å². The number of hydrogen-bond acceptors (Lipinski definition) is 2. The highest BCUT2D eigenvalue weighted by Gasteiger charge is 2.43. The minimum absolute atomic E-state index is 0.225. The van der Waals surface area contributed by atoms with E-state index >= 15 is 0 Å². The van der Waals surface area contributed by atoms with Crippen LogP contribution in [0.5, 0.6) is 0 Å². The lowest BCUT2D eigenvalue weighted by Gasteiger charge is -2.16. The molecule has 0 N–H and O–H groups in total. The number of amides is 1. The van der Waals surface area contributed by atoms with Crippen molar-refractivity contribution in [1.82, 2.24) is 4.90 Å². The lowest BCUT2D eigenvalue weighted by Crippen LogP contribution is -2.28. The van der Waals surface area contributed by atoms with E-state index in [9.17, 15) is 4.79 Å². The van der Waals surface area contributed by atoms with E-state index in [1.54, 1.807) is 0 Å². The van der Waals surface area contributed by atoms with E-state index < -0.39 is 0 Å². The first-order valence-electron chi connectivity index (χ1n) is 6.86. The number of hydrogen-bond donors (Lipinski definition) is 0. The van der Waals surface area contributed by atoms with Crippen LogP contribution in [0.4, 0.5) is 0 Å². The van der Waals surface area contributed by atoms with Crippen LogP contribution in [-0.2, 0) is 4.79 Å². The van der Waals surface area contributed by atoms with E-state index in [0.717, 1.165) is 17.8 Å². The van der Waals surface area contributed by atoms with Crippen LogP contribution in [-0.4, -0.2) is 23.9 Å². The quantitative estimate of drug-likeness (QED) is 0.843. The number of aryl methyl sites for hydroxylation is 1. The Balaban J connectivity index is 1.89.